The second-order valence-electron chi connectivity index (χ2n) is 3.98. The van der Waals surface area contributed by atoms with Gasteiger partial charge < -0.3 is 5.11 Å². The predicted octanol–water partition coefficient (Wildman–Crippen LogP) is 0.178. The summed E-state index contributed by atoms with van der Waals surface area (Å²) >= 11 is 1.44. The van der Waals surface area contributed by atoms with Gasteiger partial charge in [-0.05, 0) is 18.9 Å². The Morgan fingerprint density at radius 2 is 2.28 bits per heavy atom. The van der Waals surface area contributed by atoms with Gasteiger partial charge in [0.25, 0.3) is 10.2 Å². The Balaban J connectivity index is 1.87. The highest BCUT2D eigenvalue weighted by Gasteiger charge is 2.26. The molecule has 0 saturated heterocycles. The molecule has 98 valence electrons. The van der Waals surface area contributed by atoms with E-state index >= 15 is 0 Å². The Hall–Kier alpha value is -0.910. The van der Waals surface area contributed by atoms with Gasteiger partial charge in [0.2, 0.25) is 0 Å². The second kappa shape index (κ2) is 5.82. The summed E-state index contributed by atoms with van der Waals surface area (Å²) in [6.07, 6.45) is 1.83. The van der Waals surface area contributed by atoms with Crippen LogP contribution in [0.5, 0.6) is 0 Å². The molecule has 3 N–H and O–H groups in total. The third-order valence-electron chi connectivity index (χ3n) is 2.30. The van der Waals surface area contributed by atoms with Gasteiger partial charge in [-0.1, -0.05) is 11.8 Å². The molecule has 0 unspecified atom stereocenters. The second-order valence-corrected chi connectivity index (χ2v) is 6.51. The van der Waals surface area contributed by atoms with Gasteiger partial charge in [-0.25, -0.2) is 0 Å². The first-order valence-electron chi connectivity index (χ1n) is 5.53. The summed E-state index contributed by atoms with van der Waals surface area (Å²) in [6.45, 7) is 0.0800. The van der Waals surface area contributed by atoms with Gasteiger partial charge in [-0.15, -0.1) is 11.3 Å². The minimum absolute atomic E-state index is 0.108. The number of nitrogens with one attached hydrogen (secondary N) is 2. The maximum absolute atomic E-state index is 11.6. The highest BCUT2D eigenvalue weighted by Crippen LogP contribution is 2.19. The van der Waals surface area contributed by atoms with Crippen molar-refractivity contribution in [3.63, 3.8) is 0 Å². The van der Waals surface area contributed by atoms with Crippen LogP contribution in [0.25, 0.3) is 0 Å². The Morgan fingerprint density at radius 3 is 2.94 bits per heavy atom. The molecule has 0 aliphatic heterocycles. The van der Waals surface area contributed by atoms with E-state index in [1.54, 1.807) is 0 Å². The van der Waals surface area contributed by atoms with E-state index in [2.05, 4.69) is 21.3 Å². The fourth-order valence-electron chi connectivity index (χ4n) is 1.31. The van der Waals surface area contributed by atoms with Crippen molar-refractivity contribution in [2.45, 2.75) is 25.4 Å². The highest BCUT2D eigenvalue weighted by atomic mass is 32.2. The Bertz CT molecular complexity index is 565. The van der Waals surface area contributed by atoms with Crippen molar-refractivity contribution < 1.29 is 13.5 Å². The zero-order chi connectivity index (χ0) is 13.0. The summed E-state index contributed by atoms with van der Waals surface area (Å²) in [6, 6.07) is 1.92. The van der Waals surface area contributed by atoms with Crippen molar-refractivity contribution in [2.24, 2.45) is 0 Å². The van der Waals surface area contributed by atoms with Crippen molar-refractivity contribution in [1.82, 2.24) is 9.44 Å². The van der Waals surface area contributed by atoms with E-state index in [0.717, 1.165) is 23.3 Å². The van der Waals surface area contributed by atoms with Gasteiger partial charge in [-0.2, -0.15) is 17.9 Å². The Kier molecular flexibility index (Phi) is 4.37. The number of hydrogen-bond acceptors (Lipinski definition) is 4. The average Bonchev–Trinajstić information content (AvgIpc) is 3.00. The van der Waals surface area contributed by atoms with Gasteiger partial charge >= 0.3 is 0 Å². The molecule has 1 saturated carbocycles. The molecule has 18 heavy (non-hydrogen) atoms. The maximum Gasteiger partial charge on any atom is 0.277 e. The predicted molar refractivity (Wildman–Crippen MR) is 70.2 cm³/mol. The van der Waals surface area contributed by atoms with Gasteiger partial charge in [0.1, 0.15) is 6.61 Å². The Morgan fingerprint density at radius 1 is 1.50 bits per heavy atom. The summed E-state index contributed by atoms with van der Waals surface area (Å²) in [4.78, 5) is 0.887. The zero-order valence-electron chi connectivity index (χ0n) is 9.64. The van der Waals surface area contributed by atoms with E-state index in [9.17, 15) is 8.42 Å². The molecule has 0 atom stereocenters. The monoisotopic (exact) mass is 286 g/mol. The molecule has 0 aromatic carbocycles. The van der Waals surface area contributed by atoms with Crippen LogP contribution in [0.2, 0.25) is 0 Å². The van der Waals surface area contributed by atoms with E-state index in [-0.39, 0.29) is 19.2 Å². The SMILES string of the molecule is O=S(=O)(NCc1cc(C#CCO)cs1)NC1CC1. The van der Waals surface area contributed by atoms with E-state index in [4.69, 9.17) is 5.11 Å². The van der Waals surface area contributed by atoms with E-state index in [0.29, 0.717) is 0 Å². The normalized spacial score (nSPS) is 15.2. The lowest BCUT2D eigenvalue weighted by molar-refractivity contribution is 0.350. The van der Waals surface area contributed by atoms with E-state index in [1.807, 2.05) is 11.4 Å². The van der Waals surface area contributed by atoms with Gasteiger partial charge in [0, 0.05) is 28.4 Å². The molecule has 1 aromatic heterocycles. The number of aliphatic hydroxyl groups is 1. The topological polar surface area (TPSA) is 78.4 Å². The summed E-state index contributed by atoms with van der Waals surface area (Å²) in [5.41, 5.74) is 0.790. The van der Waals surface area contributed by atoms with Crippen LogP contribution in [0.4, 0.5) is 0 Å². The largest absolute Gasteiger partial charge is 0.384 e. The molecule has 0 bridgehead atoms. The molecular formula is C11H14N2O3S2. The first-order chi connectivity index (χ1) is 8.59. The summed E-state index contributed by atoms with van der Waals surface area (Å²) in [5.74, 6) is 5.32. The number of thiophene rings is 1. The van der Waals surface area contributed by atoms with Crippen LogP contribution in [0.15, 0.2) is 11.4 Å². The maximum atomic E-state index is 11.6. The first-order valence-corrected chi connectivity index (χ1v) is 7.89. The number of hydrogen-bond donors (Lipinski definition) is 3. The van der Waals surface area contributed by atoms with Crippen LogP contribution in [0, 0.1) is 11.8 Å². The van der Waals surface area contributed by atoms with Gasteiger partial charge in [0.15, 0.2) is 0 Å². The van der Waals surface area contributed by atoms with Crippen molar-refractivity contribution in [3.05, 3.63) is 21.9 Å². The lowest BCUT2D eigenvalue weighted by Crippen LogP contribution is -2.37. The average molecular weight is 286 g/mol. The molecule has 1 aliphatic rings. The molecule has 5 nitrogen and oxygen atoms in total. The van der Waals surface area contributed by atoms with Gasteiger partial charge in [0.05, 0.1) is 0 Å². The third kappa shape index (κ3) is 4.40. The van der Waals surface area contributed by atoms with Crippen molar-refractivity contribution in [1.29, 1.82) is 0 Å². The van der Waals surface area contributed by atoms with Crippen LogP contribution in [-0.4, -0.2) is 26.2 Å². The number of rotatable bonds is 5. The highest BCUT2D eigenvalue weighted by molar-refractivity contribution is 7.87. The standard InChI is InChI=1S/C11H14N2O3S2/c14-5-1-2-9-6-11(17-8-9)7-12-18(15,16)13-10-3-4-10/h6,8,10,12-14H,3-5,7H2. The van der Waals surface area contributed by atoms with E-state index in [1.165, 1.54) is 11.3 Å². The zero-order valence-corrected chi connectivity index (χ0v) is 11.3. The molecule has 2 rings (SSSR count). The van der Waals surface area contributed by atoms with Crippen LogP contribution in [0.1, 0.15) is 23.3 Å². The molecule has 1 fully saturated rings. The molecule has 1 aromatic rings. The smallest absolute Gasteiger partial charge is 0.277 e. The lowest BCUT2D eigenvalue weighted by Gasteiger charge is -2.05. The fourth-order valence-corrected chi connectivity index (χ4v) is 3.26. The van der Waals surface area contributed by atoms with Crippen LogP contribution < -0.4 is 9.44 Å². The molecule has 0 spiro atoms. The van der Waals surface area contributed by atoms with Crippen molar-refractivity contribution in [2.75, 3.05) is 6.61 Å². The fraction of sp³-hybridized carbons (Fsp3) is 0.455. The molecule has 0 amide bonds. The van der Waals surface area contributed by atoms with Gasteiger partial charge in [-0.3, -0.25) is 0 Å². The van der Waals surface area contributed by atoms with Crippen LogP contribution >= 0.6 is 11.3 Å². The van der Waals surface area contributed by atoms with E-state index < -0.39 is 10.2 Å². The minimum Gasteiger partial charge on any atom is -0.384 e. The van der Waals surface area contributed by atoms with Crippen molar-refractivity contribution >= 4 is 21.5 Å². The molecule has 0 radical (unpaired) electrons. The Labute approximate surface area is 110 Å². The molecular weight excluding hydrogens is 272 g/mol. The molecule has 1 aliphatic carbocycles. The molecule has 7 heteroatoms. The quantitative estimate of drug-likeness (QED) is 0.676. The minimum atomic E-state index is -3.39. The summed E-state index contributed by atoms with van der Waals surface area (Å²) < 4.78 is 28.1. The van der Waals surface area contributed by atoms with Crippen molar-refractivity contribution in [3.8, 4) is 11.8 Å². The van der Waals surface area contributed by atoms with Crippen LogP contribution in [0.3, 0.4) is 0 Å². The summed E-state index contributed by atoms with van der Waals surface area (Å²) in [5, 5.41) is 10.4. The summed E-state index contributed by atoms with van der Waals surface area (Å²) in [7, 11) is -3.39. The third-order valence-corrected chi connectivity index (χ3v) is 4.41. The molecule has 1 heterocycles. The first kappa shape index (κ1) is 13.5. The van der Waals surface area contributed by atoms with Crippen LogP contribution in [-0.2, 0) is 16.8 Å². The number of aliphatic hydroxyl groups excluding tert-OH is 1. The lowest BCUT2D eigenvalue weighted by atomic mass is 10.3.